The van der Waals surface area contributed by atoms with Crippen molar-refractivity contribution in [1.82, 2.24) is 20.0 Å². The largest absolute Gasteiger partial charge is 0.748 e. The van der Waals surface area contributed by atoms with Crippen LogP contribution in [0.3, 0.4) is 0 Å². The smallest absolute Gasteiger partial charge is 0.406 e. The van der Waals surface area contributed by atoms with Crippen LogP contribution in [0.1, 0.15) is 66.8 Å². The van der Waals surface area contributed by atoms with E-state index in [1.165, 1.54) is 71.7 Å². The van der Waals surface area contributed by atoms with Crippen LogP contribution in [0.2, 0.25) is 13.6 Å². The number of nitrogens with two attached hydrogens (primary N) is 2. The first-order chi connectivity index (χ1) is 50.2. The van der Waals surface area contributed by atoms with E-state index in [0.29, 0.717) is 12.9 Å². The normalized spacial score (nSPS) is 11.0. The quantitative estimate of drug-likeness (QED) is 0.00226. The molecule has 1 heterocycles. The number of nitrogens with one attached hydrogen (secondary N) is 3. The molecule has 5 aromatic carbocycles. The molecule has 0 amide bonds. The Bertz CT molecular complexity index is 3140. The van der Waals surface area contributed by atoms with Gasteiger partial charge in [0, 0.05) is 130 Å². The van der Waals surface area contributed by atoms with Crippen LogP contribution in [-0.2, 0) is 51.3 Å². The van der Waals surface area contributed by atoms with Crippen LogP contribution in [0.5, 0.6) is 0 Å². The Morgan fingerprint density at radius 3 is 1.12 bits per heavy atom. The van der Waals surface area contributed by atoms with Crippen LogP contribution in [0.4, 0.5) is 28.4 Å². The van der Waals surface area contributed by atoms with Gasteiger partial charge in [0.1, 0.15) is 0 Å². The Morgan fingerprint density at radius 1 is 0.636 bits per heavy atom. The van der Waals surface area contributed by atoms with Gasteiger partial charge < -0.3 is 81.4 Å². The SMILES string of the molecule is CB(O)Nc1ccc(CCBr)cc1.CB(O)Nc1ccc(CCN(C)CCCO)cc1.CC#N.CN(CCCO)CCc1ccc(N)cc1.CN(CCCO)CCc1ccc(N=C=S)cc1.CNCCCO.CS(=O)(=O)Cl.CS(=O)(=O)[O-].C[N+]1(CCc2ccc(N)cc2)CCC1.ClC(Cl)Cl.ClCCl.S=C(Cl)Cl. The van der Waals surface area contributed by atoms with Gasteiger partial charge in [0.05, 0.1) is 65.3 Å². The molecule has 1 fully saturated rings. The third-order valence-electron chi connectivity index (χ3n) is 13.5. The lowest BCUT2D eigenvalue weighted by molar-refractivity contribution is -0.945. The van der Waals surface area contributed by atoms with Crippen molar-refractivity contribution in [2.75, 3.05) is 172 Å². The minimum absolute atomic E-state index is 0.0556. The predicted molar refractivity (Wildman–Crippen MR) is 471 cm³/mol. The highest BCUT2D eigenvalue weighted by atomic mass is 79.9. The maximum absolute atomic E-state index is 9.40. The third-order valence-corrected chi connectivity index (χ3v) is 14.0. The summed E-state index contributed by atoms with van der Waals surface area (Å²) >= 11 is 45.5. The predicted octanol–water partition coefficient (Wildman–Crippen LogP) is 12.9. The molecule has 1 aliphatic rings. The first-order valence-corrected chi connectivity index (χ1v) is 43.3. The summed E-state index contributed by atoms with van der Waals surface area (Å²) in [5.74, 6) is 0. The number of hydrogen-bond acceptors (Lipinski definition) is 23. The summed E-state index contributed by atoms with van der Waals surface area (Å²) in [5, 5.41) is 72.2. The van der Waals surface area contributed by atoms with Crippen molar-refractivity contribution >= 4 is 203 Å². The number of aliphatic hydroxyl groups excluding tert-OH is 4. The maximum atomic E-state index is 9.40. The molecule has 1 saturated heterocycles. The van der Waals surface area contributed by atoms with Gasteiger partial charge in [0.25, 0.3) is 0 Å². The van der Waals surface area contributed by atoms with Gasteiger partial charge in [0.15, 0.2) is 8.08 Å². The summed E-state index contributed by atoms with van der Waals surface area (Å²) in [6, 6.07) is 42.2. The molecule has 0 aliphatic carbocycles. The number of hydrogen-bond donors (Lipinski definition) is 11. The fourth-order valence-electron chi connectivity index (χ4n) is 8.18. The molecule has 1 aliphatic heterocycles. The van der Waals surface area contributed by atoms with E-state index in [9.17, 15) is 13.4 Å². The molecule has 13 N–H and O–H groups in total. The first kappa shape index (κ1) is 115. The van der Waals surface area contributed by atoms with E-state index >= 15 is 0 Å². The molecular formula is C70H116B2BrCl8N11O11S4. The van der Waals surface area contributed by atoms with Crippen LogP contribution in [0.25, 0.3) is 0 Å². The number of aliphatic imine (C=N–C) groups is 1. The number of quaternary nitrogens is 1. The molecule has 37 heteroatoms. The number of likely N-dealkylation sites (tertiary alicyclic amines) is 1. The molecule has 610 valence electrons. The van der Waals surface area contributed by atoms with Crippen LogP contribution < -0.4 is 27.2 Å². The van der Waals surface area contributed by atoms with Crippen molar-refractivity contribution in [1.29, 1.82) is 5.26 Å². The van der Waals surface area contributed by atoms with E-state index in [0.717, 1.165) is 137 Å². The monoisotopic (exact) mass is 1800 g/mol. The standard InChI is InChI=1S/C13H23BN2O2.C13H18N2OS.C12H20N2O.C12H19N2.C9H13BBrNO.C4H11NO.C2H3N.CHCl3.CCl2S.CH2Cl2.CH3ClO2S.CH4O3S/c1-14(18)15-13-6-4-12(5-7-13)8-10-16(2)9-3-11-17;1-15(8-2-10-16)9-7-12-3-5-13(6-4-12)14-11-17;1-14(8-2-10-15)9-7-11-3-5-12(13)6-4-11;1-14(8-2-9-14)10-7-11-3-5-12(13)6-4-11;1-10(13)12-9-4-2-8(3-5-9)6-7-11;1-5-3-2-4-6;1-2-3;2*2-1(3)4;2-1-3;2*1-5(2,3)4/h4-7,15,17-18H,3,8-11H2,1-2H3;3-6,16H,2,7-10H2,1H3;3-6,15H,2,7-10,13H2,1H3;3-6H,2,7-10,13H2,1H3;2-5,12-13H,6-7H2,1H3;5-6H,2-4H2,1H3;1H3;1H;;1H2;1H3;1H3,(H,2,3,4)/q;;;+1;;;;;;;;/p-1. The molecule has 0 aromatic heterocycles. The van der Waals surface area contributed by atoms with E-state index in [2.05, 4.69) is 181 Å². The average molecular weight is 1800 g/mol. The van der Waals surface area contributed by atoms with Crippen molar-refractivity contribution in [3.63, 3.8) is 0 Å². The van der Waals surface area contributed by atoms with Gasteiger partial charge in [-0.25, -0.2) is 16.8 Å². The second kappa shape index (κ2) is 77.0. The molecule has 0 bridgehead atoms. The van der Waals surface area contributed by atoms with Gasteiger partial charge in [-0.2, -0.15) is 10.3 Å². The summed E-state index contributed by atoms with van der Waals surface area (Å²) in [7, 11) is 6.80. The number of nitrogen functional groups attached to an aromatic ring is 2. The van der Waals surface area contributed by atoms with E-state index < -0.39 is 37.6 Å². The Balaban J connectivity index is -0.000000272. The number of alkyl halides is 6. The van der Waals surface area contributed by atoms with Crippen LogP contribution in [-0.4, -0.2) is 249 Å². The second-order valence-electron chi connectivity index (χ2n) is 23.5. The van der Waals surface area contributed by atoms with Gasteiger partial charge in [-0.15, -0.1) is 23.2 Å². The third kappa shape index (κ3) is 95.3. The van der Waals surface area contributed by atoms with Gasteiger partial charge in [-0.1, -0.05) is 147 Å². The summed E-state index contributed by atoms with van der Waals surface area (Å²) in [6.07, 6.45) is 11.5. The van der Waals surface area contributed by atoms with Crippen molar-refractivity contribution < 1.29 is 56.3 Å². The average Bonchev–Trinajstić information content (AvgIpc) is 0.842. The number of anilines is 4. The summed E-state index contributed by atoms with van der Waals surface area (Å²) < 4.78 is 46.5. The molecule has 107 heavy (non-hydrogen) atoms. The van der Waals surface area contributed by atoms with E-state index in [-0.39, 0.29) is 28.9 Å². The number of rotatable bonds is 31. The molecule has 0 radical (unpaired) electrons. The summed E-state index contributed by atoms with van der Waals surface area (Å²) in [4.78, 5) is 10.6. The number of thiocarbonyl (C=S) groups is 2. The van der Waals surface area contributed by atoms with Gasteiger partial charge in [0.2, 0.25) is 9.05 Å². The molecule has 0 spiro atoms. The van der Waals surface area contributed by atoms with Crippen molar-refractivity contribution in [3.8, 4) is 6.07 Å². The van der Waals surface area contributed by atoms with E-state index in [1.807, 2.05) is 67.7 Å². The number of isothiocyanates is 1. The first-order valence-electron chi connectivity index (χ1n) is 33.7. The van der Waals surface area contributed by atoms with Crippen LogP contribution in [0, 0.1) is 11.3 Å². The molecule has 22 nitrogen and oxygen atoms in total. The highest BCUT2D eigenvalue weighted by Crippen LogP contribution is 2.19. The highest BCUT2D eigenvalue weighted by Gasteiger charge is 2.29. The molecule has 0 atom stereocenters. The number of nitrogens with zero attached hydrogens (tertiary/aromatic N) is 6. The zero-order valence-corrected chi connectivity index (χ0v) is 74.2. The van der Waals surface area contributed by atoms with E-state index in [4.69, 9.17) is 136 Å². The number of aryl methyl sites for hydroxylation is 1. The Morgan fingerprint density at radius 2 is 0.897 bits per heavy atom. The fraction of sp³-hybridized carbons (Fsp3) is 0.529. The number of nitriles is 1. The van der Waals surface area contributed by atoms with Crippen LogP contribution >= 0.6 is 132 Å². The van der Waals surface area contributed by atoms with Gasteiger partial charge >= 0.3 is 14.1 Å². The van der Waals surface area contributed by atoms with Crippen molar-refractivity contribution in [2.45, 2.75) is 89.1 Å². The van der Waals surface area contributed by atoms with E-state index in [1.54, 1.807) is 19.7 Å². The lowest BCUT2D eigenvalue weighted by atomic mass is 9.88. The van der Waals surface area contributed by atoms with Crippen LogP contribution in [0.15, 0.2) is 126 Å². The number of benzene rings is 5. The second-order valence-corrected chi connectivity index (χ2v) is 33.5. The Kier molecular flexibility index (Phi) is 82.7. The zero-order chi connectivity index (χ0) is 83.1. The summed E-state index contributed by atoms with van der Waals surface area (Å²) in [6.45, 7) is 16.6. The zero-order valence-electron chi connectivity index (χ0n) is 63.3. The van der Waals surface area contributed by atoms with Crippen molar-refractivity contribution in [2.24, 2.45) is 4.99 Å². The molecule has 0 saturated carbocycles. The lowest BCUT2D eigenvalue weighted by Crippen LogP contribution is -2.55. The summed E-state index contributed by atoms with van der Waals surface area (Å²) in [5.41, 5.74) is 22.2. The molecule has 6 rings (SSSR count). The highest BCUT2D eigenvalue weighted by molar-refractivity contribution is 9.09. The Labute approximate surface area is 699 Å². The number of likely N-dealkylation sites (N-methyl/N-ethyl adjacent to an activating group) is 4. The molecule has 5 aromatic rings. The fourth-order valence-corrected chi connectivity index (χ4v) is 8.74. The maximum Gasteiger partial charge on any atom is 0.406 e. The molecule has 0 unspecified atom stereocenters. The minimum atomic E-state index is -3.92. The topological polar surface area (TPSA) is 347 Å². The van der Waals surface area contributed by atoms with Gasteiger partial charge in [-0.05, 0) is 200 Å². The molecular weight excluding hydrogens is 1680 g/mol. The Hall–Kier alpha value is -2.97. The van der Waals surface area contributed by atoms with Crippen molar-refractivity contribution in [3.05, 3.63) is 149 Å². The number of aliphatic hydroxyl groups is 4. The minimum Gasteiger partial charge on any atom is -0.748 e. The lowest BCUT2D eigenvalue weighted by Gasteiger charge is -2.42. The van der Waals surface area contributed by atoms with Gasteiger partial charge in [-0.3, -0.25) is 0 Å². The number of halogens is 9.